The zero-order chi connectivity index (χ0) is 27.0. The number of rotatable bonds is 12. The van der Waals surface area contributed by atoms with Crippen LogP contribution in [0, 0.1) is 5.92 Å². The molecule has 1 aliphatic heterocycles. The molecule has 4 N–H and O–H groups in total. The van der Waals surface area contributed by atoms with Crippen molar-refractivity contribution in [2.24, 2.45) is 11.7 Å². The molecule has 1 fully saturated rings. The summed E-state index contributed by atoms with van der Waals surface area (Å²) in [5.41, 5.74) is 10.2. The van der Waals surface area contributed by atoms with Gasteiger partial charge in [0.2, 0.25) is 5.91 Å². The first-order chi connectivity index (χ1) is 18.2. The number of pyridine rings is 1. The molecule has 38 heavy (non-hydrogen) atoms. The van der Waals surface area contributed by atoms with Gasteiger partial charge in [-0.25, -0.2) is 4.98 Å². The van der Waals surface area contributed by atoms with Gasteiger partial charge in [-0.3, -0.25) is 8.98 Å². The number of benzene rings is 2. The van der Waals surface area contributed by atoms with E-state index < -0.39 is 16.0 Å². The lowest BCUT2D eigenvalue weighted by Crippen LogP contribution is -2.34. The first-order valence-corrected chi connectivity index (χ1v) is 14.6. The van der Waals surface area contributed by atoms with Gasteiger partial charge in [-0.15, -0.1) is 0 Å². The number of nitrogens with zero attached hydrogens (tertiary/aromatic N) is 2. The quantitative estimate of drug-likeness (QED) is 0.296. The highest BCUT2D eigenvalue weighted by atomic mass is 32.2. The molecular weight excluding hydrogens is 502 g/mol. The summed E-state index contributed by atoms with van der Waals surface area (Å²) >= 11 is 0. The van der Waals surface area contributed by atoms with Crippen LogP contribution < -0.4 is 21.3 Å². The van der Waals surface area contributed by atoms with E-state index in [1.54, 1.807) is 6.20 Å². The second kappa shape index (κ2) is 12.7. The molecule has 1 aromatic heterocycles. The third kappa shape index (κ3) is 8.46. The molecule has 0 spiro atoms. The van der Waals surface area contributed by atoms with Crippen molar-refractivity contribution in [3.63, 3.8) is 0 Å². The Morgan fingerprint density at radius 1 is 1.11 bits per heavy atom. The summed E-state index contributed by atoms with van der Waals surface area (Å²) in [4.78, 5) is 18.4. The number of amides is 1. The molecular formula is C28H35N5O4S. The van der Waals surface area contributed by atoms with Gasteiger partial charge in [0, 0.05) is 54.5 Å². The molecule has 0 radical (unpaired) electrons. The topological polar surface area (TPSA) is 127 Å². The summed E-state index contributed by atoms with van der Waals surface area (Å²) in [6.45, 7) is 2.72. The van der Waals surface area contributed by atoms with E-state index in [9.17, 15) is 13.2 Å². The molecule has 1 amide bonds. The maximum atomic E-state index is 11.6. The lowest BCUT2D eigenvalue weighted by atomic mass is 9.93. The SMILES string of the molecule is CS(=O)(=O)OCCC1CCN(c2ccc(Nc3cc(NCc4ccccc4)c(CC(N)=O)cn3)cc2)CC1. The van der Waals surface area contributed by atoms with Crippen molar-refractivity contribution in [3.8, 4) is 0 Å². The van der Waals surface area contributed by atoms with Crippen LogP contribution in [-0.4, -0.2) is 45.3 Å². The Morgan fingerprint density at radius 3 is 2.47 bits per heavy atom. The number of nitrogens with one attached hydrogen (secondary N) is 2. The van der Waals surface area contributed by atoms with E-state index in [2.05, 4.69) is 32.7 Å². The standard InChI is InChI=1S/C28H35N5O4S/c1-38(35,36)37-16-13-21-11-14-33(15-12-21)25-9-7-24(8-10-25)32-28-18-26(23(20-31-28)17-27(29)34)30-19-22-5-3-2-4-6-22/h2-10,18,20-21H,11-17,19H2,1H3,(H2,29,34)(H2,30,31,32). The zero-order valence-corrected chi connectivity index (χ0v) is 22.4. The van der Waals surface area contributed by atoms with Crippen LogP contribution in [0.4, 0.5) is 22.9 Å². The second-order valence-electron chi connectivity index (χ2n) is 9.63. The molecule has 0 saturated carbocycles. The van der Waals surface area contributed by atoms with Gasteiger partial charge in [-0.1, -0.05) is 30.3 Å². The van der Waals surface area contributed by atoms with Gasteiger partial charge in [0.15, 0.2) is 0 Å². The normalized spacial score (nSPS) is 14.3. The minimum Gasteiger partial charge on any atom is -0.381 e. The van der Waals surface area contributed by atoms with Gasteiger partial charge >= 0.3 is 0 Å². The van der Waals surface area contributed by atoms with Gasteiger partial charge in [-0.2, -0.15) is 8.42 Å². The largest absolute Gasteiger partial charge is 0.381 e. The number of carbonyl (C=O) groups excluding carboxylic acids is 1. The van der Waals surface area contributed by atoms with Crippen LogP contribution in [0.1, 0.15) is 30.4 Å². The van der Waals surface area contributed by atoms with Crippen LogP contribution in [0.15, 0.2) is 66.9 Å². The van der Waals surface area contributed by atoms with Crippen LogP contribution in [0.25, 0.3) is 0 Å². The Kier molecular flexibility index (Phi) is 9.19. The van der Waals surface area contributed by atoms with E-state index in [0.29, 0.717) is 18.3 Å². The number of aromatic nitrogens is 1. The molecule has 0 aliphatic carbocycles. The lowest BCUT2D eigenvalue weighted by molar-refractivity contribution is -0.117. The van der Waals surface area contributed by atoms with Crippen molar-refractivity contribution >= 4 is 38.9 Å². The predicted molar refractivity (Wildman–Crippen MR) is 151 cm³/mol. The molecule has 2 heterocycles. The highest BCUT2D eigenvalue weighted by Crippen LogP contribution is 2.28. The Labute approximate surface area is 224 Å². The monoisotopic (exact) mass is 537 g/mol. The van der Waals surface area contributed by atoms with Crippen LogP contribution in [0.3, 0.4) is 0 Å². The maximum absolute atomic E-state index is 11.6. The van der Waals surface area contributed by atoms with Crippen molar-refractivity contribution < 1.29 is 17.4 Å². The molecule has 3 aromatic rings. The van der Waals surface area contributed by atoms with E-state index in [0.717, 1.165) is 66.8 Å². The Balaban J connectivity index is 1.34. The fourth-order valence-corrected chi connectivity index (χ4v) is 4.99. The average Bonchev–Trinajstić information content (AvgIpc) is 2.89. The molecule has 4 rings (SSSR count). The number of piperidine rings is 1. The molecule has 2 aromatic carbocycles. The molecule has 9 nitrogen and oxygen atoms in total. The van der Waals surface area contributed by atoms with E-state index >= 15 is 0 Å². The summed E-state index contributed by atoms with van der Waals surface area (Å²) in [6, 6.07) is 20.2. The van der Waals surface area contributed by atoms with Crippen molar-refractivity contribution in [2.75, 3.05) is 41.5 Å². The van der Waals surface area contributed by atoms with E-state index in [-0.39, 0.29) is 13.0 Å². The summed E-state index contributed by atoms with van der Waals surface area (Å²) in [6.07, 6.45) is 5.66. The highest BCUT2D eigenvalue weighted by Gasteiger charge is 2.20. The molecule has 10 heteroatoms. The third-order valence-electron chi connectivity index (χ3n) is 6.62. The van der Waals surface area contributed by atoms with Gasteiger partial charge < -0.3 is 21.3 Å². The second-order valence-corrected chi connectivity index (χ2v) is 11.3. The van der Waals surface area contributed by atoms with Crippen LogP contribution >= 0.6 is 0 Å². The Bertz CT molecular complexity index is 1310. The molecule has 0 unspecified atom stereocenters. The van der Waals surface area contributed by atoms with Crippen molar-refractivity contribution in [3.05, 3.63) is 78.0 Å². The molecule has 0 atom stereocenters. The number of hydrogen-bond donors (Lipinski definition) is 3. The number of hydrogen-bond acceptors (Lipinski definition) is 8. The minimum atomic E-state index is -3.37. The molecule has 1 aliphatic rings. The first-order valence-electron chi connectivity index (χ1n) is 12.8. The van der Waals surface area contributed by atoms with E-state index in [4.69, 9.17) is 9.92 Å². The number of anilines is 4. The van der Waals surface area contributed by atoms with Crippen LogP contribution in [0.2, 0.25) is 0 Å². The number of nitrogens with two attached hydrogens (primary N) is 1. The smallest absolute Gasteiger partial charge is 0.264 e. The number of primary amides is 1. The molecule has 0 bridgehead atoms. The number of carbonyl (C=O) groups is 1. The van der Waals surface area contributed by atoms with Gasteiger partial charge in [0.05, 0.1) is 19.3 Å². The Hall–Kier alpha value is -3.63. The van der Waals surface area contributed by atoms with Crippen LogP contribution in [-0.2, 0) is 32.1 Å². The van der Waals surface area contributed by atoms with Crippen molar-refractivity contribution in [2.45, 2.75) is 32.2 Å². The summed E-state index contributed by atoms with van der Waals surface area (Å²) < 4.78 is 27.2. The van der Waals surface area contributed by atoms with Crippen molar-refractivity contribution in [1.29, 1.82) is 0 Å². The van der Waals surface area contributed by atoms with E-state index in [1.807, 2.05) is 48.5 Å². The fourth-order valence-electron chi connectivity index (χ4n) is 4.59. The molecule has 1 saturated heterocycles. The summed E-state index contributed by atoms with van der Waals surface area (Å²) in [5.74, 6) is 0.734. The summed E-state index contributed by atoms with van der Waals surface area (Å²) in [7, 11) is -3.37. The Morgan fingerprint density at radius 2 is 1.82 bits per heavy atom. The fraction of sp³-hybridized carbons (Fsp3) is 0.357. The first kappa shape index (κ1) is 27.4. The van der Waals surface area contributed by atoms with Gasteiger partial charge in [0.25, 0.3) is 10.1 Å². The molecule has 202 valence electrons. The van der Waals surface area contributed by atoms with E-state index in [1.165, 1.54) is 0 Å². The zero-order valence-electron chi connectivity index (χ0n) is 21.6. The maximum Gasteiger partial charge on any atom is 0.264 e. The third-order valence-corrected chi connectivity index (χ3v) is 7.21. The average molecular weight is 538 g/mol. The predicted octanol–water partition coefficient (Wildman–Crippen LogP) is 4.05. The van der Waals surface area contributed by atoms with Crippen LogP contribution in [0.5, 0.6) is 0 Å². The van der Waals surface area contributed by atoms with Gasteiger partial charge in [-0.05, 0) is 55.0 Å². The highest BCUT2D eigenvalue weighted by molar-refractivity contribution is 7.85. The minimum absolute atomic E-state index is 0.112. The van der Waals surface area contributed by atoms with Gasteiger partial charge in [0.1, 0.15) is 5.82 Å². The summed E-state index contributed by atoms with van der Waals surface area (Å²) in [5, 5.41) is 6.75. The van der Waals surface area contributed by atoms with Crippen molar-refractivity contribution in [1.82, 2.24) is 4.98 Å². The lowest BCUT2D eigenvalue weighted by Gasteiger charge is -2.33.